The Morgan fingerprint density at radius 2 is 2.05 bits per heavy atom. The molecule has 1 aromatic carbocycles. The van der Waals surface area contributed by atoms with Crippen molar-refractivity contribution in [1.82, 2.24) is 4.98 Å². The maximum absolute atomic E-state index is 4.36. The van der Waals surface area contributed by atoms with Gasteiger partial charge in [-0.1, -0.05) is 31.4 Å². The monoisotopic (exact) mass is 265 g/mol. The van der Waals surface area contributed by atoms with Crippen molar-refractivity contribution in [3.8, 4) is 0 Å². The second-order valence-corrected chi connectivity index (χ2v) is 4.53. The topological polar surface area (TPSA) is 37.0 Å². The Morgan fingerprint density at radius 1 is 1.25 bits per heavy atom. The van der Waals surface area contributed by atoms with Gasteiger partial charge in [0.2, 0.25) is 0 Å². The summed E-state index contributed by atoms with van der Waals surface area (Å²) < 4.78 is 0. The predicted octanol–water partition coefficient (Wildman–Crippen LogP) is 4.37. The van der Waals surface area contributed by atoms with Crippen LogP contribution in [0.25, 0.3) is 5.57 Å². The van der Waals surface area contributed by atoms with Gasteiger partial charge in [-0.25, -0.2) is 4.98 Å². The van der Waals surface area contributed by atoms with Crippen LogP contribution in [0.4, 0.5) is 17.2 Å². The molecule has 20 heavy (non-hydrogen) atoms. The second kappa shape index (κ2) is 6.06. The highest BCUT2D eigenvalue weighted by atomic mass is 15.0. The lowest BCUT2D eigenvalue weighted by atomic mass is 10.0. The Morgan fingerprint density at radius 3 is 2.75 bits per heavy atom. The molecule has 2 aromatic rings. The average Bonchev–Trinajstić information content (AvgIpc) is 2.49. The molecule has 0 spiro atoms. The first-order chi connectivity index (χ1) is 9.65. The average molecular weight is 265 g/mol. The molecule has 3 nitrogen and oxygen atoms in total. The van der Waals surface area contributed by atoms with Crippen LogP contribution in [0.5, 0.6) is 0 Å². The molecule has 0 unspecified atom stereocenters. The number of nitrogens with zero attached hydrogens (tertiary/aromatic N) is 1. The van der Waals surface area contributed by atoms with Crippen molar-refractivity contribution in [3.05, 3.63) is 66.9 Å². The number of hydrogen-bond donors (Lipinski definition) is 2. The lowest BCUT2D eigenvalue weighted by Crippen LogP contribution is -2.01. The third kappa shape index (κ3) is 2.88. The highest BCUT2D eigenvalue weighted by Gasteiger charge is 2.06. The molecule has 0 aliphatic rings. The van der Waals surface area contributed by atoms with Crippen molar-refractivity contribution >= 4 is 22.8 Å². The highest BCUT2D eigenvalue weighted by molar-refractivity contribution is 5.77. The fourth-order valence-corrected chi connectivity index (χ4v) is 1.91. The molecule has 2 rings (SSSR count). The summed E-state index contributed by atoms with van der Waals surface area (Å²) in [6.07, 6.45) is 3.53. The van der Waals surface area contributed by atoms with Crippen LogP contribution in [-0.2, 0) is 0 Å². The van der Waals surface area contributed by atoms with Crippen LogP contribution in [0, 0.1) is 6.92 Å². The molecule has 0 aliphatic carbocycles. The molecule has 0 atom stereocenters. The van der Waals surface area contributed by atoms with Gasteiger partial charge in [0, 0.05) is 18.9 Å². The van der Waals surface area contributed by atoms with Crippen LogP contribution in [0.2, 0.25) is 0 Å². The van der Waals surface area contributed by atoms with Crippen molar-refractivity contribution in [1.29, 1.82) is 0 Å². The van der Waals surface area contributed by atoms with Crippen molar-refractivity contribution in [3.63, 3.8) is 0 Å². The van der Waals surface area contributed by atoms with E-state index in [0.717, 1.165) is 33.9 Å². The summed E-state index contributed by atoms with van der Waals surface area (Å²) >= 11 is 0. The lowest BCUT2D eigenvalue weighted by molar-refractivity contribution is 1.28. The molecular weight excluding hydrogens is 246 g/mol. The van der Waals surface area contributed by atoms with Gasteiger partial charge >= 0.3 is 0 Å². The van der Waals surface area contributed by atoms with E-state index in [1.54, 1.807) is 12.3 Å². The molecule has 0 aliphatic heterocycles. The van der Waals surface area contributed by atoms with E-state index < -0.39 is 0 Å². The minimum absolute atomic E-state index is 0.805. The lowest BCUT2D eigenvalue weighted by Gasteiger charge is -2.14. The van der Waals surface area contributed by atoms with E-state index in [1.165, 1.54) is 0 Å². The fourth-order valence-electron chi connectivity index (χ4n) is 1.91. The predicted molar refractivity (Wildman–Crippen MR) is 87.5 cm³/mol. The summed E-state index contributed by atoms with van der Waals surface area (Å²) in [5, 5.41) is 6.49. The molecule has 3 heteroatoms. The van der Waals surface area contributed by atoms with Crippen molar-refractivity contribution in [2.75, 3.05) is 17.7 Å². The number of hydrogen-bond acceptors (Lipinski definition) is 3. The van der Waals surface area contributed by atoms with Crippen LogP contribution in [0.1, 0.15) is 11.1 Å². The largest absolute Gasteiger partial charge is 0.385 e. The zero-order chi connectivity index (χ0) is 14.5. The Labute approximate surface area is 120 Å². The second-order valence-electron chi connectivity index (χ2n) is 4.53. The number of anilines is 3. The van der Waals surface area contributed by atoms with Gasteiger partial charge in [0.15, 0.2) is 5.82 Å². The maximum atomic E-state index is 4.36. The zero-order valence-corrected chi connectivity index (χ0v) is 11.9. The molecule has 0 radical (unpaired) electrons. The fraction of sp³-hybridized carbons (Fsp3) is 0.118. The number of benzene rings is 1. The Balaban J connectivity index is 2.37. The van der Waals surface area contributed by atoms with Crippen LogP contribution >= 0.6 is 0 Å². The van der Waals surface area contributed by atoms with E-state index in [4.69, 9.17) is 0 Å². The quantitative estimate of drug-likeness (QED) is 0.788. The minimum atomic E-state index is 0.805. The number of allylic oxidation sites excluding steroid dienone is 2. The first-order valence-corrected chi connectivity index (χ1v) is 6.48. The number of rotatable bonds is 5. The van der Waals surface area contributed by atoms with Gasteiger partial charge in [0.25, 0.3) is 0 Å². The molecule has 1 heterocycles. The van der Waals surface area contributed by atoms with Gasteiger partial charge in [-0.3, -0.25) is 0 Å². The molecule has 0 saturated carbocycles. The summed E-state index contributed by atoms with van der Waals surface area (Å²) in [6.45, 7) is 9.80. The van der Waals surface area contributed by atoms with Crippen LogP contribution in [-0.4, -0.2) is 12.0 Å². The van der Waals surface area contributed by atoms with Crippen molar-refractivity contribution in [2.45, 2.75) is 6.92 Å². The smallest absolute Gasteiger partial charge is 0.153 e. The Kier molecular flexibility index (Phi) is 4.20. The normalized spacial score (nSPS) is 9.90. The highest BCUT2D eigenvalue weighted by Crippen LogP contribution is 2.27. The molecule has 102 valence electrons. The SMILES string of the molecule is C=CC(=C)c1ccc(C)c(Nc2ncccc2NC)c1. The first kappa shape index (κ1) is 13.9. The van der Waals surface area contributed by atoms with Crippen LogP contribution in [0.3, 0.4) is 0 Å². The summed E-state index contributed by atoms with van der Waals surface area (Å²) in [5.74, 6) is 0.805. The summed E-state index contributed by atoms with van der Waals surface area (Å²) in [4.78, 5) is 4.36. The summed E-state index contributed by atoms with van der Waals surface area (Å²) in [7, 11) is 1.88. The molecule has 0 fully saturated rings. The molecule has 0 saturated heterocycles. The van der Waals surface area contributed by atoms with Gasteiger partial charge in [0.1, 0.15) is 0 Å². The van der Waals surface area contributed by atoms with Gasteiger partial charge in [0.05, 0.1) is 5.69 Å². The van der Waals surface area contributed by atoms with E-state index >= 15 is 0 Å². The number of aryl methyl sites for hydroxylation is 1. The van der Waals surface area contributed by atoms with Gasteiger partial charge in [-0.05, 0) is 41.8 Å². The van der Waals surface area contributed by atoms with E-state index in [0.29, 0.717) is 0 Å². The van der Waals surface area contributed by atoms with E-state index in [-0.39, 0.29) is 0 Å². The molecule has 0 amide bonds. The molecular formula is C17H19N3. The maximum Gasteiger partial charge on any atom is 0.153 e. The summed E-state index contributed by atoms with van der Waals surface area (Å²) in [6, 6.07) is 10.1. The molecule has 2 N–H and O–H groups in total. The van der Waals surface area contributed by atoms with Gasteiger partial charge < -0.3 is 10.6 Å². The molecule has 1 aromatic heterocycles. The zero-order valence-electron chi connectivity index (χ0n) is 11.9. The van der Waals surface area contributed by atoms with Gasteiger partial charge in [-0.2, -0.15) is 0 Å². The Hall–Kier alpha value is -2.55. The standard InChI is InChI=1S/C17H19N3/c1-5-12(2)14-9-8-13(3)16(11-14)20-17-15(18-4)7-6-10-19-17/h5-11,18H,1-2H2,3-4H3,(H,19,20). The first-order valence-electron chi connectivity index (χ1n) is 6.48. The van der Waals surface area contributed by atoms with Crippen LogP contribution < -0.4 is 10.6 Å². The number of aromatic nitrogens is 1. The van der Waals surface area contributed by atoms with Crippen LogP contribution in [0.15, 0.2) is 55.8 Å². The van der Waals surface area contributed by atoms with Crippen molar-refractivity contribution in [2.24, 2.45) is 0 Å². The van der Waals surface area contributed by atoms with Crippen molar-refractivity contribution < 1.29 is 0 Å². The summed E-state index contributed by atoms with van der Waals surface area (Å²) in [5.41, 5.74) is 5.08. The minimum Gasteiger partial charge on any atom is -0.385 e. The number of nitrogens with one attached hydrogen (secondary N) is 2. The number of pyridine rings is 1. The third-order valence-corrected chi connectivity index (χ3v) is 3.18. The van der Waals surface area contributed by atoms with E-state index in [1.807, 2.05) is 25.2 Å². The van der Waals surface area contributed by atoms with Gasteiger partial charge in [-0.15, -0.1) is 0 Å². The Bertz CT molecular complexity index is 644. The van der Waals surface area contributed by atoms with E-state index in [9.17, 15) is 0 Å². The third-order valence-electron chi connectivity index (χ3n) is 3.18. The van der Waals surface area contributed by atoms with E-state index in [2.05, 4.69) is 47.8 Å². The molecule has 0 bridgehead atoms.